The average molecular weight is 528 g/mol. The highest BCUT2D eigenvalue weighted by Crippen LogP contribution is 2.23. The molecule has 0 spiro atoms. The van der Waals surface area contributed by atoms with E-state index in [1.165, 1.54) is 18.0 Å². The summed E-state index contributed by atoms with van der Waals surface area (Å²) >= 11 is 0. The maximum Gasteiger partial charge on any atom is 0.331 e. The number of aromatic hydroxyl groups is 1. The van der Waals surface area contributed by atoms with E-state index in [9.17, 15) is 24.9 Å². The molecule has 0 bridgehead atoms. The Bertz CT molecular complexity index is 1050. The van der Waals surface area contributed by atoms with Gasteiger partial charge in [-0.2, -0.15) is 0 Å². The molecule has 9 heteroatoms. The molecule has 3 rings (SSSR count). The lowest BCUT2D eigenvalue weighted by Gasteiger charge is -2.15. The van der Waals surface area contributed by atoms with Crippen LogP contribution in [0.1, 0.15) is 61.3 Å². The van der Waals surface area contributed by atoms with Gasteiger partial charge in [0.1, 0.15) is 12.3 Å². The lowest BCUT2D eigenvalue weighted by molar-refractivity contribution is -0.123. The lowest BCUT2D eigenvalue weighted by Crippen LogP contribution is -2.29. The summed E-state index contributed by atoms with van der Waals surface area (Å²) in [7, 11) is 1.51. The van der Waals surface area contributed by atoms with Gasteiger partial charge >= 0.3 is 6.03 Å². The Hall–Kier alpha value is -2.98. The number of nitrogens with zero attached hydrogens (tertiary/aromatic N) is 2. The summed E-state index contributed by atoms with van der Waals surface area (Å²) in [6.07, 6.45) is 6.44. The van der Waals surface area contributed by atoms with Crippen LogP contribution in [0.4, 0.5) is 10.5 Å². The molecular weight excluding hydrogens is 486 g/mol. The van der Waals surface area contributed by atoms with Crippen molar-refractivity contribution in [1.82, 2.24) is 10.2 Å². The first-order valence-corrected chi connectivity index (χ1v) is 13.5. The predicted octanol–water partition coefficient (Wildman–Crippen LogP) is 3.51. The number of likely N-dealkylation sites (N-methyl/N-ethyl adjacent to an activating group) is 1. The zero-order valence-electron chi connectivity index (χ0n) is 22.3. The molecule has 0 aromatic heterocycles. The minimum Gasteiger partial charge on any atom is -0.508 e. The number of aryl methyl sites for hydroxylation is 1. The molecule has 1 aliphatic rings. The van der Waals surface area contributed by atoms with Crippen LogP contribution < -0.4 is 10.2 Å². The number of hydrogen-bond donors (Lipinski definition) is 4. The van der Waals surface area contributed by atoms with E-state index in [4.69, 9.17) is 4.74 Å². The fourth-order valence-corrected chi connectivity index (χ4v) is 4.42. The second-order valence-corrected chi connectivity index (χ2v) is 9.74. The average Bonchev–Trinajstić information content (AvgIpc) is 3.18. The maximum atomic E-state index is 12.2. The zero-order valence-corrected chi connectivity index (χ0v) is 22.3. The quantitative estimate of drug-likeness (QED) is 0.183. The van der Waals surface area contributed by atoms with E-state index in [0.717, 1.165) is 80.9 Å². The molecule has 0 unspecified atom stereocenters. The summed E-state index contributed by atoms with van der Waals surface area (Å²) in [4.78, 5) is 26.6. The number of rotatable bonds is 17. The van der Waals surface area contributed by atoms with Crippen LogP contribution >= 0.6 is 0 Å². The Morgan fingerprint density at radius 3 is 2.50 bits per heavy atom. The van der Waals surface area contributed by atoms with E-state index in [1.54, 1.807) is 12.1 Å². The third kappa shape index (κ3) is 8.80. The SMILES string of the molecule is CN1C(=O)CN(c2cccc(CCCCOCCCCCCNC[C@H](O)c3ccc(O)c(CO)c3)c2)C1=O. The fourth-order valence-electron chi connectivity index (χ4n) is 4.42. The van der Waals surface area contributed by atoms with Crippen LogP contribution in [-0.2, 0) is 22.6 Å². The molecule has 1 atom stereocenters. The highest BCUT2D eigenvalue weighted by atomic mass is 16.5. The molecule has 38 heavy (non-hydrogen) atoms. The van der Waals surface area contributed by atoms with E-state index >= 15 is 0 Å². The van der Waals surface area contributed by atoms with Crippen LogP contribution in [0, 0.1) is 0 Å². The van der Waals surface area contributed by atoms with Gasteiger partial charge in [0, 0.05) is 38.1 Å². The summed E-state index contributed by atoms with van der Waals surface area (Å²) < 4.78 is 5.77. The second-order valence-electron chi connectivity index (χ2n) is 9.74. The number of unbranched alkanes of at least 4 members (excludes halogenated alkanes) is 4. The second kappa shape index (κ2) is 15.4. The van der Waals surface area contributed by atoms with E-state index < -0.39 is 6.10 Å². The van der Waals surface area contributed by atoms with Gasteiger partial charge in [0.15, 0.2) is 0 Å². The Morgan fingerprint density at radius 1 is 1.00 bits per heavy atom. The number of hydrogen-bond acceptors (Lipinski definition) is 7. The van der Waals surface area contributed by atoms with Gasteiger partial charge < -0.3 is 25.4 Å². The van der Waals surface area contributed by atoms with E-state index in [2.05, 4.69) is 5.32 Å². The minimum absolute atomic E-state index is 0.0348. The van der Waals surface area contributed by atoms with Crippen molar-refractivity contribution in [2.75, 3.05) is 44.8 Å². The van der Waals surface area contributed by atoms with Gasteiger partial charge in [-0.15, -0.1) is 0 Å². The molecule has 0 radical (unpaired) electrons. The lowest BCUT2D eigenvalue weighted by atomic mass is 10.1. The molecule has 2 aromatic carbocycles. The number of carbonyl (C=O) groups is 2. The Kier molecular flexibility index (Phi) is 12.0. The van der Waals surface area contributed by atoms with Crippen molar-refractivity contribution in [3.05, 3.63) is 59.2 Å². The number of benzene rings is 2. The largest absolute Gasteiger partial charge is 0.508 e. The van der Waals surface area contributed by atoms with Gasteiger partial charge in [-0.05, 0) is 74.0 Å². The number of aliphatic hydroxyl groups is 2. The third-order valence-corrected chi connectivity index (χ3v) is 6.80. The summed E-state index contributed by atoms with van der Waals surface area (Å²) in [5.74, 6) is -0.151. The van der Waals surface area contributed by atoms with E-state index in [0.29, 0.717) is 17.7 Å². The standard InChI is InChI=1S/C29H41N3O6/c1-31-28(36)20-32(29(31)37)25-11-8-10-22(17-25)9-4-7-16-38-15-6-3-2-5-14-30-19-27(35)23-12-13-26(34)24(18-23)21-33/h8,10-13,17-18,27,30,33-35H,2-7,9,14-16,19-21H2,1H3/t27-/m0/s1. The number of urea groups is 1. The molecule has 3 amide bonds. The Balaban J connectivity index is 1.17. The number of nitrogens with one attached hydrogen (secondary N) is 1. The molecule has 0 aliphatic carbocycles. The smallest absolute Gasteiger partial charge is 0.331 e. The van der Waals surface area contributed by atoms with E-state index in [1.807, 2.05) is 24.3 Å². The third-order valence-electron chi connectivity index (χ3n) is 6.80. The monoisotopic (exact) mass is 527 g/mol. The van der Waals surface area contributed by atoms with Crippen molar-refractivity contribution < 1.29 is 29.6 Å². The summed E-state index contributed by atoms with van der Waals surface area (Å²) in [5.41, 5.74) is 3.01. The van der Waals surface area contributed by atoms with Gasteiger partial charge in [0.05, 0.1) is 12.7 Å². The van der Waals surface area contributed by atoms with Gasteiger partial charge in [0.2, 0.25) is 5.91 Å². The van der Waals surface area contributed by atoms with Crippen LogP contribution in [-0.4, -0.2) is 72.1 Å². The van der Waals surface area contributed by atoms with Crippen LogP contribution in [0.2, 0.25) is 0 Å². The van der Waals surface area contributed by atoms with Gasteiger partial charge in [-0.3, -0.25) is 14.6 Å². The highest BCUT2D eigenvalue weighted by Gasteiger charge is 2.33. The molecule has 208 valence electrons. The fraction of sp³-hybridized carbons (Fsp3) is 0.517. The molecule has 4 N–H and O–H groups in total. The number of phenols is 1. The number of aliphatic hydroxyl groups excluding tert-OH is 2. The summed E-state index contributed by atoms with van der Waals surface area (Å²) in [5, 5.41) is 32.4. The molecule has 0 saturated carbocycles. The maximum absolute atomic E-state index is 12.2. The van der Waals surface area contributed by atoms with Gasteiger partial charge in [-0.25, -0.2) is 4.79 Å². The number of ether oxygens (including phenoxy) is 1. The van der Waals surface area contributed by atoms with E-state index in [-0.39, 0.29) is 30.8 Å². The number of anilines is 1. The Morgan fingerprint density at radius 2 is 1.76 bits per heavy atom. The highest BCUT2D eigenvalue weighted by molar-refractivity contribution is 6.11. The topological polar surface area (TPSA) is 123 Å². The zero-order chi connectivity index (χ0) is 27.3. The van der Waals surface area contributed by atoms with Crippen LogP contribution in [0.25, 0.3) is 0 Å². The first kappa shape index (κ1) is 29.6. The summed E-state index contributed by atoms with van der Waals surface area (Å²) in [6, 6.07) is 12.3. The summed E-state index contributed by atoms with van der Waals surface area (Å²) in [6.45, 7) is 2.58. The number of carbonyl (C=O) groups excluding carboxylic acids is 2. The number of imide groups is 1. The molecule has 1 saturated heterocycles. The van der Waals surface area contributed by atoms with Crippen molar-refractivity contribution in [2.24, 2.45) is 0 Å². The Labute approximate surface area is 225 Å². The van der Waals surface area contributed by atoms with Crippen LogP contribution in [0.5, 0.6) is 5.75 Å². The van der Waals surface area contributed by atoms with Crippen LogP contribution in [0.3, 0.4) is 0 Å². The van der Waals surface area contributed by atoms with Crippen LogP contribution in [0.15, 0.2) is 42.5 Å². The molecule has 2 aromatic rings. The normalized spacial score (nSPS) is 14.5. The number of amides is 3. The van der Waals surface area contributed by atoms with Crippen molar-refractivity contribution in [2.45, 2.75) is 57.7 Å². The molecule has 9 nitrogen and oxygen atoms in total. The molecule has 1 heterocycles. The van der Waals surface area contributed by atoms with Crippen molar-refractivity contribution >= 4 is 17.6 Å². The molecule has 1 aliphatic heterocycles. The molecular formula is C29H41N3O6. The van der Waals surface area contributed by atoms with Gasteiger partial charge in [0.25, 0.3) is 0 Å². The first-order valence-electron chi connectivity index (χ1n) is 13.5. The minimum atomic E-state index is -0.680. The van der Waals surface area contributed by atoms with Crippen molar-refractivity contribution in [3.63, 3.8) is 0 Å². The van der Waals surface area contributed by atoms with Crippen molar-refractivity contribution in [3.8, 4) is 5.75 Å². The van der Waals surface area contributed by atoms with Crippen molar-refractivity contribution in [1.29, 1.82) is 0 Å². The molecule has 1 fully saturated rings. The van der Waals surface area contributed by atoms with Gasteiger partial charge in [-0.1, -0.05) is 31.0 Å². The first-order chi connectivity index (χ1) is 18.4. The predicted molar refractivity (Wildman–Crippen MR) is 146 cm³/mol.